The highest BCUT2D eigenvalue weighted by atomic mass is 32.2. The van der Waals surface area contributed by atoms with E-state index in [9.17, 15) is 0 Å². The van der Waals surface area contributed by atoms with Gasteiger partial charge >= 0.3 is 0 Å². The van der Waals surface area contributed by atoms with E-state index < -0.39 is 0 Å². The van der Waals surface area contributed by atoms with Crippen molar-refractivity contribution in [3.05, 3.63) is 30.5 Å². The molecule has 0 aliphatic carbocycles. The van der Waals surface area contributed by atoms with Gasteiger partial charge in [0.25, 0.3) is 0 Å². The molecule has 96 valence electrons. The fourth-order valence-corrected chi connectivity index (χ4v) is 2.22. The highest BCUT2D eigenvalue weighted by molar-refractivity contribution is 7.98. The number of nitrogens with one attached hydrogen (secondary N) is 1. The minimum Gasteiger partial charge on any atom is -0.369 e. The van der Waals surface area contributed by atoms with E-state index in [0.717, 1.165) is 35.1 Å². The summed E-state index contributed by atoms with van der Waals surface area (Å²) in [6.45, 7) is 3.05. The first-order chi connectivity index (χ1) is 8.78. The minimum atomic E-state index is 0.812. The zero-order valence-electron chi connectivity index (χ0n) is 10.6. The van der Waals surface area contributed by atoms with E-state index in [1.54, 1.807) is 22.6 Å². The molecule has 0 aliphatic rings. The molecule has 0 atom stereocenters. The smallest absolute Gasteiger partial charge is 0.144 e. The first kappa shape index (κ1) is 12.9. The van der Waals surface area contributed by atoms with Crippen LogP contribution in [0.15, 0.2) is 29.7 Å². The van der Waals surface area contributed by atoms with Crippen LogP contribution < -0.4 is 5.32 Å². The summed E-state index contributed by atoms with van der Waals surface area (Å²) in [5.74, 6) is 1.65. The number of hydrogen-bond donors (Lipinski definition) is 1. The second kappa shape index (κ2) is 6.39. The summed E-state index contributed by atoms with van der Waals surface area (Å²) in [5.41, 5.74) is 0.978. The monoisotopic (exact) mass is 263 g/mol. The summed E-state index contributed by atoms with van der Waals surface area (Å²) in [7, 11) is 1.91. The normalized spacial score (nSPS) is 10.6. The van der Waals surface area contributed by atoms with Crippen LogP contribution in [0.5, 0.6) is 0 Å². The molecular formula is C12H17N5S. The lowest BCUT2D eigenvalue weighted by Gasteiger charge is -2.03. The van der Waals surface area contributed by atoms with Gasteiger partial charge < -0.3 is 5.32 Å². The predicted molar refractivity (Wildman–Crippen MR) is 73.6 cm³/mol. The molecule has 0 bridgehead atoms. The summed E-state index contributed by atoms with van der Waals surface area (Å²) < 4.78 is 1.80. The Morgan fingerprint density at radius 2 is 2.17 bits per heavy atom. The second-order valence-corrected chi connectivity index (χ2v) is 5.01. The van der Waals surface area contributed by atoms with Gasteiger partial charge in [-0.3, -0.25) is 9.67 Å². The average molecular weight is 263 g/mol. The fourth-order valence-electron chi connectivity index (χ4n) is 1.40. The van der Waals surface area contributed by atoms with Crippen molar-refractivity contribution in [3.63, 3.8) is 0 Å². The lowest BCUT2D eigenvalue weighted by molar-refractivity contribution is 0.766. The maximum atomic E-state index is 4.38. The molecule has 0 saturated carbocycles. The zero-order chi connectivity index (χ0) is 12.8. The minimum absolute atomic E-state index is 0.812. The van der Waals surface area contributed by atoms with Gasteiger partial charge in [0, 0.05) is 30.4 Å². The highest BCUT2D eigenvalue weighted by Gasteiger charge is 2.01. The van der Waals surface area contributed by atoms with Gasteiger partial charge in [0.2, 0.25) is 0 Å². The summed E-state index contributed by atoms with van der Waals surface area (Å²) in [6, 6.07) is 0. The SMILES string of the molecule is CCCNc1cnc(CSc2cnn(C)c2)cn1. The molecule has 0 spiro atoms. The number of thioether (sulfide) groups is 1. The predicted octanol–water partition coefficient (Wildman–Crippen LogP) is 2.32. The first-order valence-electron chi connectivity index (χ1n) is 5.94. The quantitative estimate of drug-likeness (QED) is 0.811. The van der Waals surface area contributed by atoms with Crippen molar-refractivity contribution in [1.82, 2.24) is 19.7 Å². The van der Waals surface area contributed by atoms with Gasteiger partial charge in [0.1, 0.15) is 5.82 Å². The molecule has 0 amide bonds. The van der Waals surface area contributed by atoms with Crippen molar-refractivity contribution in [2.75, 3.05) is 11.9 Å². The van der Waals surface area contributed by atoms with Crippen LogP contribution in [-0.4, -0.2) is 26.3 Å². The van der Waals surface area contributed by atoms with E-state index in [0.29, 0.717) is 0 Å². The van der Waals surface area contributed by atoms with Crippen LogP contribution in [0.25, 0.3) is 0 Å². The van der Waals surface area contributed by atoms with Gasteiger partial charge in [-0.15, -0.1) is 11.8 Å². The van der Waals surface area contributed by atoms with Crippen LogP contribution in [-0.2, 0) is 12.8 Å². The molecule has 1 N–H and O–H groups in total. The Hall–Kier alpha value is -1.56. The summed E-state index contributed by atoms with van der Waals surface area (Å²) in [4.78, 5) is 9.85. The van der Waals surface area contributed by atoms with Gasteiger partial charge in [-0.25, -0.2) is 4.98 Å². The molecule has 0 aliphatic heterocycles. The number of nitrogens with zero attached hydrogens (tertiary/aromatic N) is 4. The third-order valence-electron chi connectivity index (χ3n) is 2.33. The molecule has 2 heterocycles. The van der Waals surface area contributed by atoms with Gasteiger partial charge in [0.15, 0.2) is 0 Å². The molecule has 2 aromatic rings. The molecule has 18 heavy (non-hydrogen) atoms. The molecule has 6 heteroatoms. The van der Waals surface area contributed by atoms with Crippen LogP contribution in [0.1, 0.15) is 19.0 Å². The van der Waals surface area contributed by atoms with Gasteiger partial charge in [-0.1, -0.05) is 6.92 Å². The summed E-state index contributed by atoms with van der Waals surface area (Å²) in [5, 5.41) is 7.33. The standard InChI is InChI=1S/C12H17N5S/c1-3-4-13-12-7-14-10(5-15-12)9-18-11-6-16-17(2)8-11/h5-8H,3-4,9H2,1-2H3,(H,13,15). The maximum absolute atomic E-state index is 4.38. The number of aromatic nitrogens is 4. The fraction of sp³-hybridized carbons (Fsp3) is 0.417. The van der Waals surface area contributed by atoms with Crippen LogP contribution in [0.2, 0.25) is 0 Å². The highest BCUT2D eigenvalue weighted by Crippen LogP contribution is 2.20. The number of anilines is 1. The summed E-state index contributed by atoms with van der Waals surface area (Å²) in [6.07, 6.45) is 8.54. The molecule has 0 fully saturated rings. The lowest BCUT2D eigenvalue weighted by atomic mass is 10.4. The summed E-state index contributed by atoms with van der Waals surface area (Å²) >= 11 is 1.71. The first-order valence-corrected chi connectivity index (χ1v) is 6.92. The van der Waals surface area contributed by atoms with Crippen LogP contribution >= 0.6 is 11.8 Å². The Bertz CT molecular complexity index is 479. The Morgan fingerprint density at radius 1 is 1.28 bits per heavy atom. The van der Waals surface area contributed by atoms with Gasteiger partial charge in [-0.2, -0.15) is 5.10 Å². The molecule has 2 aromatic heterocycles. The van der Waals surface area contributed by atoms with Crippen molar-refractivity contribution in [3.8, 4) is 0 Å². The van der Waals surface area contributed by atoms with E-state index in [1.807, 2.05) is 25.6 Å². The van der Waals surface area contributed by atoms with E-state index in [1.165, 1.54) is 0 Å². The third-order valence-corrected chi connectivity index (χ3v) is 3.31. The molecule has 0 aromatic carbocycles. The third kappa shape index (κ3) is 3.73. The van der Waals surface area contributed by atoms with Crippen molar-refractivity contribution >= 4 is 17.6 Å². The Labute approximate surface area is 111 Å². The van der Waals surface area contributed by atoms with Crippen molar-refractivity contribution < 1.29 is 0 Å². The zero-order valence-corrected chi connectivity index (χ0v) is 11.4. The van der Waals surface area contributed by atoms with E-state index in [4.69, 9.17) is 0 Å². The van der Waals surface area contributed by atoms with Gasteiger partial charge in [0.05, 0.1) is 24.3 Å². The van der Waals surface area contributed by atoms with E-state index in [-0.39, 0.29) is 0 Å². The van der Waals surface area contributed by atoms with Gasteiger partial charge in [-0.05, 0) is 6.42 Å². The Balaban J connectivity index is 1.86. The molecule has 0 radical (unpaired) electrons. The molecule has 0 unspecified atom stereocenters. The molecule has 2 rings (SSSR count). The number of rotatable bonds is 6. The average Bonchev–Trinajstić information content (AvgIpc) is 2.81. The van der Waals surface area contributed by atoms with Crippen LogP contribution in [0.4, 0.5) is 5.82 Å². The van der Waals surface area contributed by atoms with Crippen molar-refractivity contribution in [1.29, 1.82) is 0 Å². The second-order valence-electron chi connectivity index (χ2n) is 3.96. The van der Waals surface area contributed by atoms with E-state index >= 15 is 0 Å². The maximum Gasteiger partial charge on any atom is 0.144 e. The largest absolute Gasteiger partial charge is 0.369 e. The Kier molecular flexibility index (Phi) is 4.58. The Morgan fingerprint density at radius 3 is 2.78 bits per heavy atom. The number of aryl methyl sites for hydroxylation is 1. The van der Waals surface area contributed by atoms with Crippen LogP contribution in [0.3, 0.4) is 0 Å². The molecule has 5 nitrogen and oxygen atoms in total. The van der Waals surface area contributed by atoms with E-state index in [2.05, 4.69) is 27.3 Å². The topological polar surface area (TPSA) is 55.6 Å². The van der Waals surface area contributed by atoms with Crippen molar-refractivity contribution in [2.45, 2.75) is 24.0 Å². The van der Waals surface area contributed by atoms with Crippen LogP contribution in [0, 0.1) is 0 Å². The lowest BCUT2D eigenvalue weighted by Crippen LogP contribution is -2.02. The van der Waals surface area contributed by atoms with Crippen molar-refractivity contribution in [2.24, 2.45) is 7.05 Å². The molecule has 0 saturated heterocycles. The molecular weight excluding hydrogens is 246 g/mol. The number of hydrogen-bond acceptors (Lipinski definition) is 5.